The van der Waals surface area contributed by atoms with Gasteiger partial charge >= 0.3 is 0 Å². The van der Waals surface area contributed by atoms with Gasteiger partial charge in [-0.25, -0.2) is 0 Å². The fraction of sp³-hybridized carbons (Fsp3) is 0.0667. The van der Waals surface area contributed by atoms with Gasteiger partial charge in [0, 0.05) is 36.2 Å². The van der Waals surface area contributed by atoms with E-state index < -0.39 is 0 Å². The number of nitrogens with two attached hydrogens (primary N) is 1. The number of amidine groups is 1. The molecule has 20 heavy (non-hydrogen) atoms. The van der Waals surface area contributed by atoms with Crippen molar-refractivity contribution in [2.45, 2.75) is 6.54 Å². The number of hydrogen-bond acceptors (Lipinski definition) is 3. The van der Waals surface area contributed by atoms with E-state index in [9.17, 15) is 0 Å². The van der Waals surface area contributed by atoms with Gasteiger partial charge in [0.2, 0.25) is 0 Å². The lowest BCUT2D eigenvalue weighted by Crippen LogP contribution is -2.13. The Hall–Kier alpha value is -2.82. The molecular formula is C15H14N4O. The zero-order valence-corrected chi connectivity index (χ0v) is 10.8. The lowest BCUT2D eigenvalue weighted by atomic mass is 10.1. The highest BCUT2D eigenvalue weighted by molar-refractivity contribution is 6.00. The van der Waals surface area contributed by atoms with Crippen LogP contribution in [0, 0.1) is 0 Å². The van der Waals surface area contributed by atoms with Crippen molar-refractivity contribution in [2.75, 3.05) is 0 Å². The average Bonchev–Trinajstić information content (AvgIpc) is 2.90. The maximum absolute atomic E-state index is 8.76. The summed E-state index contributed by atoms with van der Waals surface area (Å²) in [4.78, 5) is 4.02. The second-order valence-corrected chi connectivity index (χ2v) is 4.56. The van der Waals surface area contributed by atoms with Crippen molar-refractivity contribution in [3.8, 4) is 0 Å². The molecule has 0 spiro atoms. The van der Waals surface area contributed by atoms with Gasteiger partial charge in [-0.2, -0.15) is 0 Å². The van der Waals surface area contributed by atoms with Crippen LogP contribution < -0.4 is 5.73 Å². The van der Waals surface area contributed by atoms with Gasteiger partial charge in [-0.15, -0.1) is 0 Å². The minimum absolute atomic E-state index is 0.114. The van der Waals surface area contributed by atoms with Crippen LogP contribution in [0.1, 0.15) is 11.1 Å². The Morgan fingerprint density at radius 2 is 2.00 bits per heavy atom. The summed E-state index contributed by atoms with van der Waals surface area (Å²) in [6, 6.07) is 11.7. The average molecular weight is 266 g/mol. The molecule has 100 valence electrons. The van der Waals surface area contributed by atoms with Crippen molar-refractivity contribution in [3.63, 3.8) is 0 Å². The number of pyridine rings is 1. The third-order valence-corrected chi connectivity index (χ3v) is 3.28. The van der Waals surface area contributed by atoms with Crippen molar-refractivity contribution in [1.29, 1.82) is 0 Å². The Morgan fingerprint density at radius 1 is 1.20 bits per heavy atom. The summed E-state index contributed by atoms with van der Waals surface area (Å²) in [6.45, 7) is 0.756. The zero-order valence-electron chi connectivity index (χ0n) is 10.8. The number of aromatic nitrogens is 2. The largest absolute Gasteiger partial charge is 0.409 e. The molecule has 2 heterocycles. The van der Waals surface area contributed by atoms with Gasteiger partial charge in [0.25, 0.3) is 0 Å². The van der Waals surface area contributed by atoms with E-state index in [1.165, 1.54) is 5.56 Å². The van der Waals surface area contributed by atoms with E-state index in [1.54, 1.807) is 12.4 Å². The highest BCUT2D eigenvalue weighted by atomic mass is 16.4. The molecule has 5 nitrogen and oxygen atoms in total. The van der Waals surface area contributed by atoms with Crippen molar-refractivity contribution < 1.29 is 5.21 Å². The van der Waals surface area contributed by atoms with Gasteiger partial charge in [0.15, 0.2) is 5.84 Å². The zero-order chi connectivity index (χ0) is 13.9. The molecule has 0 saturated carbocycles. The van der Waals surface area contributed by atoms with E-state index in [1.807, 2.05) is 42.6 Å². The van der Waals surface area contributed by atoms with Gasteiger partial charge in [0.05, 0.1) is 0 Å². The molecule has 1 aromatic carbocycles. The molecule has 0 unspecified atom stereocenters. The number of benzene rings is 1. The van der Waals surface area contributed by atoms with E-state index in [-0.39, 0.29) is 5.84 Å². The van der Waals surface area contributed by atoms with Gasteiger partial charge in [-0.1, -0.05) is 17.3 Å². The SMILES string of the molecule is N/C(=N/O)c1ccc2ccn(Cc3ccncc3)c2c1. The standard InChI is InChI=1S/C15H14N4O/c16-15(18-20)13-2-1-12-5-8-19(14(12)9-13)10-11-3-6-17-7-4-11/h1-9,20H,10H2,(H2,16,18). The van der Waals surface area contributed by atoms with Crippen LogP contribution in [0.15, 0.2) is 60.1 Å². The van der Waals surface area contributed by atoms with Crippen LogP contribution in [0.4, 0.5) is 0 Å². The minimum Gasteiger partial charge on any atom is -0.409 e. The molecule has 2 aromatic heterocycles. The maximum atomic E-state index is 8.76. The lowest BCUT2D eigenvalue weighted by Gasteiger charge is -2.06. The van der Waals surface area contributed by atoms with Crippen molar-refractivity contribution in [1.82, 2.24) is 9.55 Å². The molecule has 3 N–H and O–H groups in total. The third kappa shape index (κ3) is 2.21. The normalized spacial score (nSPS) is 11.9. The highest BCUT2D eigenvalue weighted by Gasteiger charge is 2.05. The summed E-state index contributed by atoms with van der Waals surface area (Å²) < 4.78 is 2.12. The molecule has 5 heteroatoms. The predicted octanol–water partition coefficient (Wildman–Crippen LogP) is 2.18. The first-order chi connectivity index (χ1) is 9.78. The molecule has 3 aromatic rings. The van der Waals surface area contributed by atoms with Crippen LogP contribution in [0.2, 0.25) is 0 Å². The van der Waals surface area contributed by atoms with Crippen LogP contribution >= 0.6 is 0 Å². The molecule has 3 rings (SSSR count). The Kier molecular flexibility index (Phi) is 3.09. The van der Waals surface area contributed by atoms with Crippen LogP contribution in [-0.4, -0.2) is 20.6 Å². The number of rotatable bonds is 3. The quantitative estimate of drug-likeness (QED) is 0.330. The third-order valence-electron chi connectivity index (χ3n) is 3.28. The van der Waals surface area contributed by atoms with E-state index >= 15 is 0 Å². The maximum Gasteiger partial charge on any atom is 0.170 e. The van der Waals surface area contributed by atoms with Crippen LogP contribution in [0.3, 0.4) is 0 Å². The van der Waals surface area contributed by atoms with Gasteiger partial charge in [0.1, 0.15) is 0 Å². The Bertz CT molecular complexity index is 762. The van der Waals surface area contributed by atoms with Crippen molar-refractivity contribution >= 4 is 16.7 Å². The van der Waals surface area contributed by atoms with Crippen LogP contribution in [-0.2, 0) is 6.54 Å². The van der Waals surface area contributed by atoms with E-state index in [0.717, 1.165) is 17.4 Å². The molecular weight excluding hydrogens is 252 g/mol. The molecule has 0 aliphatic rings. The summed E-state index contributed by atoms with van der Waals surface area (Å²) in [5.41, 5.74) is 8.56. The second-order valence-electron chi connectivity index (χ2n) is 4.56. The molecule has 0 saturated heterocycles. The first kappa shape index (κ1) is 12.2. The van der Waals surface area contributed by atoms with Crippen LogP contribution in [0.5, 0.6) is 0 Å². The van der Waals surface area contributed by atoms with E-state index in [4.69, 9.17) is 10.9 Å². The second kappa shape index (κ2) is 5.05. The summed E-state index contributed by atoms with van der Waals surface area (Å²) in [7, 11) is 0. The predicted molar refractivity (Wildman–Crippen MR) is 77.8 cm³/mol. The fourth-order valence-electron chi connectivity index (χ4n) is 2.22. The Balaban J connectivity index is 2.03. The minimum atomic E-state index is 0.114. The molecule has 0 amide bonds. The highest BCUT2D eigenvalue weighted by Crippen LogP contribution is 2.19. The number of hydrogen-bond donors (Lipinski definition) is 2. The summed E-state index contributed by atoms with van der Waals surface area (Å²) in [6.07, 6.45) is 5.59. The topological polar surface area (TPSA) is 76.4 Å². The molecule has 0 atom stereocenters. The monoisotopic (exact) mass is 266 g/mol. The lowest BCUT2D eigenvalue weighted by molar-refractivity contribution is 0.318. The van der Waals surface area contributed by atoms with Gasteiger partial charge < -0.3 is 15.5 Å². The molecule has 0 aliphatic carbocycles. The summed E-state index contributed by atoms with van der Waals surface area (Å²) in [5, 5.41) is 12.9. The fourth-order valence-corrected chi connectivity index (χ4v) is 2.22. The number of nitrogens with zero attached hydrogens (tertiary/aromatic N) is 3. The molecule has 0 aliphatic heterocycles. The molecule has 0 bridgehead atoms. The van der Waals surface area contributed by atoms with E-state index in [0.29, 0.717) is 5.56 Å². The first-order valence-electron chi connectivity index (χ1n) is 6.23. The summed E-state index contributed by atoms with van der Waals surface area (Å²) >= 11 is 0. The first-order valence-corrected chi connectivity index (χ1v) is 6.23. The number of fused-ring (bicyclic) bond motifs is 1. The smallest absolute Gasteiger partial charge is 0.170 e. The molecule has 0 fully saturated rings. The number of oxime groups is 1. The van der Waals surface area contributed by atoms with Crippen molar-refractivity contribution in [3.05, 3.63) is 66.1 Å². The summed E-state index contributed by atoms with van der Waals surface area (Å²) in [5.74, 6) is 0.114. The van der Waals surface area contributed by atoms with Crippen LogP contribution in [0.25, 0.3) is 10.9 Å². The van der Waals surface area contributed by atoms with Crippen molar-refractivity contribution in [2.24, 2.45) is 10.9 Å². The Morgan fingerprint density at radius 3 is 2.75 bits per heavy atom. The van der Waals surface area contributed by atoms with Gasteiger partial charge in [-0.3, -0.25) is 4.98 Å². The van der Waals surface area contributed by atoms with Gasteiger partial charge in [-0.05, 0) is 35.2 Å². The van der Waals surface area contributed by atoms with E-state index in [2.05, 4.69) is 14.7 Å². The molecule has 0 radical (unpaired) electrons. The Labute approximate surface area is 116 Å².